The van der Waals surface area contributed by atoms with Gasteiger partial charge in [0.2, 0.25) is 5.89 Å². The summed E-state index contributed by atoms with van der Waals surface area (Å²) in [6.07, 6.45) is 0.912. The molecule has 2 aromatic heterocycles. The van der Waals surface area contributed by atoms with Crippen LogP contribution in [0.1, 0.15) is 49.5 Å². The van der Waals surface area contributed by atoms with Gasteiger partial charge in [0.1, 0.15) is 0 Å². The summed E-state index contributed by atoms with van der Waals surface area (Å²) < 4.78 is 44.4. The Morgan fingerprint density at radius 1 is 1.00 bits per heavy atom. The molecule has 1 aliphatic carbocycles. The van der Waals surface area contributed by atoms with Crippen LogP contribution in [0.3, 0.4) is 0 Å². The van der Waals surface area contributed by atoms with Gasteiger partial charge < -0.3 is 4.42 Å². The summed E-state index contributed by atoms with van der Waals surface area (Å²) >= 11 is 6.14. The Morgan fingerprint density at radius 3 is 2.50 bits per heavy atom. The van der Waals surface area contributed by atoms with Crippen molar-refractivity contribution in [1.29, 1.82) is 0 Å². The van der Waals surface area contributed by atoms with Crippen LogP contribution in [-0.2, 0) is 6.18 Å². The van der Waals surface area contributed by atoms with Gasteiger partial charge in [-0.1, -0.05) is 30.9 Å². The maximum Gasteiger partial charge on any atom is 0.416 e. The Kier molecular flexibility index (Phi) is 4.30. The lowest BCUT2D eigenvalue weighted by atomic mass is 9.89. The highest BCUT2D eigenvalue weighted by Crippen LogP contribution is 2.35. The molecule has 0 unspecified atom stereocenters. The molecule has 1 fully saturated rings. The fraction of sp³-hybridized carbons (Fsp3) is 0.412. The molecule has 0 radical (unpaired) electrons. The quantitative estimate of drug-likeness (QED) is 0.593. The van der Waals surface area contributed by atoms with Gasteiger partial charge in [-0.15, -0.1) is 10.2 Å². The fourth-order valence-electron chi connectivity index (χ4n) is 3.19. The molecule has 0 spiro atoms. The van der Waals surface area contributed by atoms with E-state index in [1.807, 2.05) is 0 Å². The average molecular weight is 383 g/mol. The molecule has 136 valence electrons. The second-order valence-electron chi connectivity index (χ2n) is 6.34. The van der Waals surface area contributed by atoms with E-state index in [9.17, 15) is 13.2 Å². The molecule has 4 rings (SSSR count). The number of halogens is 4. The maximum atomic E-state index is 12.9. The predicted octanol–water partition coefficient (Wildman–Crippen LogP) is 5.40. The van der Waals surface area contributed by atoms with Crippen molar-refractivity contribution in [2.45, 2.75) is 44.2 Å². The van der Waals surface area contributed by atoms with Crippen LogP contribution >= 0.6 is 11.6 Å². The Balaban J connectivity index is 1.73. The number of benzene rings is 1. The Morgan fingerprint density at radius 2 is 1.77 bits per heavy atom. The monoisotopic (exact) mass is 382 g/mol. The van der Waals surface area contributed by atoms with Gasteiger partial charge in [-0.3, -0.25) is 0 Å². The van der Waals surface area contributed by atoms with Crippen molar-refractivity contribution in [2.24, 2.45) is 0 Å². The van der Waals surface area contributed by atoms with E-state index in [4.69, 9.17) is 16.0 Å². The SMILES string of the molecule is FC(F)(F)c1ccc2nc(Cl)c(-c3nnc(C4CCCCC4)o3)nc2c1. The third kappa shape index (κ3) is 3.25. The maximum absolute atomic E-state index is 12.9. The van der Waals surface area contributed by atoms with Crippen LogP contribution in [0.5, 0.6) is 0 Å². The van der Waals surface area contributed by atoms with E-state index in [0.29, 0.717) is 5.89 Å². The number of rotatable bonds is 2. The van der Waals surface area contributed by atoms with E-state index >= 15 is 0 Å². The van der Waals surface area contributed by atoms with Crippen molar-refractivity contribution in [2.75, 3.05) is 0 Å². The van der Waals surface area contributed by atoms with Crippen LogP contribution < -0.4 is 0 Å². The second-order valence-corrected chi connectivity index (χ2v) is 6.70. The molecule has 0 bridgehead atoms. The molecule has 0 aliphatic heterocycles. The summed E-state index contributed by atoms with van der Waals surface area (Å²) in [7, 11) is 0. The van der Waals surface area contributed by atoms with Crippen molar-refractivity contribution in [1.82, 2.24) is 20.2 Å². The first-order valence-corrected chi connectivity index (χ1v) is 8.68. The summed E-state index contributed by atoms with van der Waals surface area (Å²) in [6.45, 7) is 0. The van der Waals surface area contributed by atoms with Crippen molar-refractivity contribution >= 4 is 22.6 Å². The van der Waals surface area contributed by atoms with Gasteiger partial charge in [0.25, 0.3) is 5.89 Å². The van der Waals surface area contributed by atoms with Crippen LogP contribution in [0.2, 0.25) is 5.15 Å². The van der Waals surface area contributed by atoms with Crippen LogP contribution in [0.25, 0.3) is 22.6 Å². The number of aromatic nitrogens is 4. The smallest absolute Gasteiger partial charge is 0.416 e. The van der Waals surface area contributed by atoms with E-state index < -0.39 is 11.7 Å². The first kappa shape index (κ1) is 17.2. The summed E-state index contributed by atoms with van der Waals surface area (Å²) in [5.74, 6) is 0.790. The minimum atomic E-state index is -4.46. The van der Waals surface area contributed by atoms with Gasteiger partial charge >= 0.3 is 6.18 Å². The van der Waals surface area contributed by atoms with E-state index in [0.717, 1.165) is 37.8 Å². The third-order valence-electron chi connectivity index (χ3n) is 4.55. The highest BCUT2D eigenvalue weighted by atomic mass is 35.5. The number of nitrogens with zero attached hydrogens (tertiary/aromatic N) is 4. The molecule has 26 heavy (non-hydrogen) atoms. The van der Waals surface area contributed by atoms with Crippen LogP contribution in [-0.4, -0.2) is 20.2 Å². The molecule has 1 aromatic carbocycles. The molecular formula is C17H14ClF3N4O. The Hall–Kier alpha value is -2.22. The standard InChI is InChI=1S/C17H14ClF3N4O/c18-14-13(16-25-24-15(26-16)9-4-2-1-3-5-9)22-12-8-10(17(19,20)21)6-7-11(12)23-14/h6-9H,1-5H2. The van der Waals surface area contributed by atoms with Gasteiger partial charge in [0.05, 0.1) is 16.6 Å². The fourth-order valence-corrected chi connectivity index (χ4v) is 3.40. The highest BCUT2D eigenvalue weighted by molar-refractivity contribution is 6.32. The molecule has 2 heterocycles. The van der Waals surface area contributed by atoms with E-state index in [-0.39, 0.29) is 33.7 Å². The van der Waals surface area contributed by atoms with E-state index in [1.165, 1.54) is 12.5 Å². The molecule has 1 saturated carbocycles. The zero-order valence-electron chi connectivity index (χ0n) is 13.6. The number of fused-ring (bicyclic) bond motifs is 1. The molecule has 3 aromatic rings. The summed E-state index contributed by atoms with van der Waals surface area (Å²) in [6, 6.07) is 3.11. The summed E-state index contributed by atoms with van der Waals surface area (Å²) in [5.41, 5.74) is -0.385. The molecule has 9 heteroatoms. The summed E-state index contributed by atoms with van der Waals surface area (Å²) in [5, 5.41) is 8.06. The summed E-state index contributed by atoms with van der Waals surface area (Å²) in [4.78, 5) is 8.29. The minimum absolute atomic E-state index is 0.0103. The predicted molar refractivity (Wildman–Crippen MR) is 88.7 cm³/mol. The normalized spacial score (nSPS) is 16.3. The van der Waals surface area contributed by atoms with Crippen LogP contribution in [0.15, 0.2) is 22.6 Å². The van der Waals surface area contributed by atoms with Crippen molar-refractivity contribution in [3.05, 3.63) is 34.8 Å². The lowest BCUT2D eigenvalue weighted by Crippen LogP contribution is -2.05. The van der Waals surface area contributed by atoms with Crippen molar-refractivity contribution in [3.63, 3.8) is 0 Å². The average Bonchev–Trinajstić information content (AvgIpc) is 3.10. The molecule has 1 aliphatic rings. The Bertz CT molecular complexity index is 951. The molecule has 0 N–H and O–H groups in total. The topological polar surface area (TPSA) is 64.7 Å². The molecular weight excluding hydrogens is 369 g/mol. The van der Waals surface area contributed by atoms with Crippen LogP contribution in [0, 0.1) is 0 Å². The molecule has 0 saturated heterocycles. The van der Waals surface area contributed by atoms with E-state index in [1.54, 1.807) is 0 Å². The zero-order chi connectivity index (χ0) is 18.3. The highest BCUT2D eigenvalue weighted by Gasteiger charge is 2.31. The first-order chi connectivity index (χ1) is 12.4. The molecule has 0 amide bonds. The van der Waals surface area contributed by atoms with Crippen molar-refractivity contribution in [3.8, 4) is 11.6 Å². The van der Waals surface area contributed by atoms with Gasteiger partial charge in [0.15, 0.2) is 10.8 Å². The number of hydrogen-bond acceptors (Lipinski definition) is 5. The first-order valence-electron chi connectivity index (χ1n) is 8.30. The number of alkyl halides is 3. The lowest BCUT2D eigenvalue weighted by Gasteiger charge is -2.17. The minimum Gasteiger partial charge on any atom is -0.419 e. The molecule has 5 nitrogen and oxygen atoms in total. The second kappa shape index (κ2) is 6.50. The molecule has 0 atom stereocenters. The van der Waals surface area contributed by atoms with Gasteiger partial charge in [-0.25, -0.2) is 9.97 Å². The Labute approximate surface area is 151 Å². The third-order valence-corrected chi connectivity index (χ3v) is 4.81. The zero-order valence-corrected chi connectivity index (χ0v) is 14.3. The lowest BCUT2D eigenvalue weighted by molar-refractivity contribution is -0.137. The van der Waals surface area contributed by atoms with Crippen molar-refractivity contribution < 1.29 is 17.6 Å². The van der Waals surface area contributed by atoms with E-state index in [2.05, 4.69) is 20.2 Å². The van der Waals surface area contributed by atoms with Gasteiger partial charge in [-0.05, 0) is 31.0 Å². The van der Waals surface area contributed by atoms with Crippen LogP contribution in [0.4, 0.5) is 13.2 Å². The largest absolute Gasteiger partial charge is 0.419 e. The van der Waals surface area contributed by atoms with Gasteiger partial charge in [-0.2, -0.15) is 13.2 Å². The number of hydrogen-bond donors (Lipinski definition) is 0. The van der Waals surface area contributed by atoms with Gasteiger partial charge in [0, 0.05) is 5.92 Å².